The third kappa shape index (κ3) is 2.32. The molecular formula is C10H15NO. The van der Waals surface area contributed by atoms with Crippen LogP contribution >= 0.6 is 0 Å². The first-order valence-corrected chi connectivity index (χ1v) is 4.27. The number of aryl methyl sites for hydroxylation is 1. The van der Waals surface area contributed by atoms with Crippen LogP contribution in [0.5, 0.6) is 0 Å². The van der Waals surface area contributed by atoms with Crippen LogP contribution in [0.4, 0.5) is 0 Å². The topological polar surface area (TPSA) is 35.2 Å². The van der Waals surface area contributed by atoms with Gasteiger partial charge in [-0.2, -0.15) is 0 Å². The van der Waals surface area contributed by atoms with Gasteiger partial charge >= 0.3 is 0 Å². The molecule has 1 aromatic carbocycles. The number of rotatable bonds is 4. The summed E-state index contributed by atoms with van der Waals surface area (Å²) in [7, 11) is 0. The molecule has 0 aliphatic carbocycles. The van der Waals surface area contributed by atoms with Crippen LogP contribution < -0.4 is 5.90 Å². The molecule has 0 unspecified atom stereocenters. The number of benzene rings is 1. The highest BCUT2D eigenvalue weighted by atomic mass is 16.6. The Morgan fingerprint density at radius 2 is 1.92 bits per heavy atom. The average molecular weight is 165 g/mol. The minimum atomic E-state index is 0.510. The molecule has 2 N–H and O–H groups in total. The van der Waals surface area contributed by atoms with Gasteiger partial charge in [0.25, 0.3) is 0 Å². The van der Waals surface area contributed by atoms with Crippen molar-refractivity contribution in [3.8, 4) is 0 Å². The molecular weight excluding hydrogens is 150 g/mol. The van der Waals surface area contributed by atoms with Crippen molar-refractivity contribution < 1.29 is 4.84 Å². The maximum absolute atomic E-state index is 5.03. The SMILES string of the molecule is CCCc1ccccc1CON. The van der Waals surface area contributed by atoms with E-state index in [1.165, 1.54) is 11.1 Å². The number of nitrogens with two attached hydrogens (primary N) is 1. The van der Waals surface area contributed by atoms with Gasteiger partial charge in [-0.25, -0.2) is 5.90 Å². The zero-order valence-corrected chi connectivity index (χ0v) is 7.42. The maximum Gasteiger partial charge on any atom is 0.0932 e. The van der Waals surface area contributed by atoms with Gasteiger partial charge < -0.3 is 0 Å². The average Bonchev–Trinajstić information content (AvgIpc) is 2.09. The molecule has 0 heterocycles. The highest BCUT2D eigenvalue weighted by Gasteiger charge is 1.98. The summed E-state index contributed by atoms with van der Waals surface area (Å²) in [5.41, 5.74) is 2.53. The van der Waals surface area contributed by atoms with Gasteiger partial charge in [-0.15, -0.1) is 0 Å². The Kier molecular flexibility index (Phi) is 3.77. The summed E-state index contributed by atoms with van der Waals surface area (Å²) in [6.45, 7) is 2.68. The standard InChI is InChI=1S/C10H15NO/c1-2-5-9-6-3-4-7-10(9)8-12-11/h3-4,6-7H,2,5,8,11H2,1H3. The molecule has 0 spiro atoms. The van der Waals surface area contributed by atoms with Crippen molar-refractivity contribution in [3.05, 3.63) is 35.4 Å². The van der Waals surface area contributed by atoms with E-state index in [1.807, 2.05) is 12.1 Å². The summed E-state index contributed by atoms with van der Waals surface area (Å²) >= 11 is 0. The van der Waals surface area contributed by atoms with Gasteiger partial charge in [0.15, 0.2) is 0 Å². The second-order valence-corrected chi connectivity index (χ2v) is 2.83. The molecule has 66 valence electrons. The fourth-order valence-corrected chi connectivity index (χ4v) is 1.30. The van der Waals surface area contributed by atoms with Crippen molar-refractivity contribution in [2.75, 3.05) is 0 Å². The van der Waals surface area contributed by atoms with Crippen LogP contribution in [0.1, 0.15) is 24.5 Å². The molecule has 0 aliphatic rings. The van der Waals surface area contributed by atoms with E-state index in [2.05, 4.69) is 23.9 Å². The minimum absolute atomic E-state index is 0.510. The molecule has 0 fully saturated rings. The van der Waals surface area contributed by atoms with Crippen molar-refractivity contribution >= 4 is 0 Å². The normalized spacial score (nSPS) is 10.2. The molecule has 2 nitrogen and oxygen atoms in total. The van der Waals surface area contributed by atoms with Crippen LogP contribution in [0.25, 0.3) is 0 Å². The first kappa shape index (κ1) is 9.23. The molecule has 0 amide bonds. The van der Waals surface area contributed by atoms with Crippen molar-refractivity contribution in [1.29, 1.82) is 0 Å². The quantitative estimate of drug-likeness (QED) is 0.693. The molecule has 0 saturated carbocycles. The number of hydrogen-bond donors (Lipinski definition) is 1. The van der Waals surface area contributed by atoms with E-state index >= 15 is 0 Å². The molecule has 0 aliphatic heterocycles. The van der Waals surface area contributed by atoms with Crippen LogP contribution in [-0.4, -0.2) is 0 Å². The molecule has 0 saturated heterocycles. The Balaban J connectivity index is 2.77. The lowest BCUT2D eigenvalue weighted by atomic mass is 10.0. The second kappa shape index (κ2) is 4.91. The lowest BCUT2D eigenvalue weighted by molar-refractivity contribution is 0.123. The van der Waals surface area contributed by atoms with E-state index in [9.17, 15) is 0 Å². The molecule has 1 aromatic rings. The van der Waals surface area contributed by atoms with Crippen LogP contribution in [0.3, 0.4) is 0 Å². The van der Waals surface area contributed by atoms with Gasteiger partial charge in [0.1, 0.15) is 0 Å². The lowest BCUT2D eigenvalue weighted by Crippen LogP contribution is -2.01. The number of hydrogen-bond acceptors (Lipinski definition) is 2. The summed E-state index contributed by atoms with van der Waals surface area (Å²) in [5.74, 6) is 5.03. The van der Waals surface area contributed by atoms with E-state index in [4.69, 9.17) is 5.90 Å². The van der Waals surface area contributed by atoms with Gasteiger partial charge in [0.2, 0.25) is 0 Å². The second-order valence-electron chi connectivity index (χ2n) is 2.83. The predicted molar refractivity (Wildman–Crippen MR) is 49.4 cm³/mol. The third-order valence-electron chi connectivity index (χ3n) is 1.88. The van der Waals surface area contributed by atoms with Gasteiger partial charge in [-0.1, -0.05) is 37.6 Å². The zero-order chi connectivity index (χ0) is 8.81. The summed E-state index contributed by atoms with van der Waals surface area (Å²) in [6.07, 6.45) is 2.25. The van der Waals surface area contributed by atoms with Crippen molar-refractivity contribution in [2.24, 2.45) is 5.90 Å². The Morgan fingerprint density at radius 3 is 2.50 bits per heavy atom. The molecule has 0 atom stereocenters. The molecule has 0 bridgehead atoms. The summed E-state index contributed by atoms with van der Waals surface area (Å²) < 4.78 is 0. The third-order valence-corrected chi connectivity index (χ3v) is 1.88. The highest BCUT2D eigenvalue weighted by molar-refractivity contribution is 5.26. The highest BCUT2D eigenvalue weighted by Crippen LogP contribution is 2.11. The van der Waals surface area contributed by atoms with E-state index in [-0.39, 0.29) is 0 Å². The first-order valence-electron chi connectivity index (χ1n) is 4.27. The lowest BCUT2D eigenvalue weighted by Gasteiger charge is -2.05. The van der Waals surface area contributed by atoms with Crippen LogP contribution in [-0.2, 0) is 17.9 Å². The summed E-state index contributed by atoms with van der Waals surface area (Å²) in [6, 6.07) is 8.23. The molecule has 0 radical (unpaired) electrons. The maximum atomic E-state index is 5.03. The van der Waals surface area contributed by atoms with E-state index in [1.54, 1.807) is 0 Å². The Morgan fingerprint density at radius 1 is 1.25 bits per heavy atom. The summed E-state index contributed by atoms with van der Waals surface area (Å²) in [4.78, 5) is 4.61. The predicted octanol–water partition coefficient (Wildman–Crippen LogP) is 2.03. The van der Waals surface area contributed by atoms with Gasteiger partial charge in [-0.3, -0.25) is 4.84 Å². The van der Waals surface area contributed by atoms with Gasteiger partial charge in [0, 0.05) is 0 Å². The van der Waals surface area contributed by atoms with Crippen molar-refractivity contribution in [2.45, 2.75) is 26.4 Å². The van der Waals surface area contributed by atoms with Crippen molar-refractivity contribution in [3.63, 3.8) is 0 Å². The zero-order valence-electron chi connectivity index (χ0n) is 7.42. The molecule has 12 heavy (non-hydrogen) atoms. The smallest absolute Gasteiger partial charge is 0.0932 e. The Labute approximate surface area is 73.3 Å². The monoisotopic (exact) mass is 165 g/mol. The Hall–Kier alpha value is -0.860. The minimum Gasteiger partial charge on any atom is -0.300 e. The van der Waals surface area contributed by atoms with Gasteiger partial charge in [0.05, 0.1) is 6.61 Å². The van der Waals surface area contributed by atoms with E-state index < -0.39 is 0 Å². The molecule has 1 rings (SSSR count). The summed E-state index contributed by atoms with van der Waals surface area (Å²) in [5, 5.41) is 0. The molecule has 2 heteroatoms. The first-order chi connectivity index (χ1) is 5.88. The fourth-order valence-electron chi connectivity index (χ4n) is 1.30. The molecule has 0 aromatic heterocycles. The Bertz CT molecular complexity index is 210. The van der Waals surface area contributed by atoms with Crippen LogP contribution in [0.15, 0.2) is 24.3 Å². The van der Waals surface area contributed by atoms with Crippen molar-refractivity contribution in [1.82, 2.24) is 0 Å². The largest absolute Gasteiger partial charge is 0.300 e. The fraction of sp³-hybridized carbons (Fsp3) is 0.400. The van der Waals surface area contributed by atoms with Gasteiger partial charge in [-0.05, 0) is 17.5 Å². The van der Waals surface area contributed by atoms with Crippen LogP contribution in [0, 0.1) is 0 Å². The van der Waals surface area contributed by atoms with E-state index in [0.29, 0.717) is 6.61 Å². The van der Waals surface area contributed by atoms with E-state index in [0.717, 1.165) is 12.8 Å². The van der Waals surface area contributed by atoms with Crippen LogP contribution in [0.2, 0.25) is 0 Å².